The predicted octanol–water partition coefficient (Wildman–Crippen LogP) is 4.81. The molecule has 0 saturated carbocycles. The smallest absolute Gasteiger partial charge is 0.254 e. The Balaban J connectivity index is 1.16. The van der Waals surface area contributed by atoms with Crippen molar-refractivity contribution in [3.63, 3.8) is 0 Å². The number of likely N-dealkylation sites (N-methyl/N-ethyl adjacent to an activating group) is 1. The van der Waals surface area contributed by atoms with E-state index in [0.717, 1.165) is 73.8 Å². The van der Waals surface area contributed by atoms with Gasteiger partial charge in [-0.3, -0.25) is 13.9 Å². The van der Waals surface area contributed by atoms with E-state index in [9.17, 15) is 9.00 Å². The van der Waals surface area contributed by atoms with Gasteiger partial charge in [-0.1, -0.05) is 26.0 Å². The van der Waals surface area contributed by atoms with Crippen LogP contribution < -0.4 is 10.6 Å². The maximum atomic E-state index is 13.5. The first-order valence-corrected chi connectivity index (χ1v) is 16.3. The number of aromatic nitrogens is 3. The van der Waals surface area contributed by atoms with Gasteiger partial charge in [0.15, 0.2) is 0 Å². The summed E-state index contributed by atoms with van der Waals surface area (Å²) in [6.07, 6.45) is 5.52. The average molecular weight is 601 g/mol. The summed E-state index contributed by atoms with van der Waals surface area (Å²) in [6.45, 7) is 9.88. The number of para-hydroxylation sites is 1. The molecule has 2 saturated heterocycles. The van der Waals surface area contributed by atoms with E-state index >= 15 is 0 Å². The van der Waals surface area contributed by atoms with Crippen molar-refractivity contribution in [2.75, 3.05) is 56.9 Å². The number of amides is 1. The number of aromatic amines is 1. The summed E-state index contributed by atoms with van der Waals surface area (Å²) in [5, 5.41) is 7.69. The molecule has 10 nitrogen and oxygen atoms in total. The Labute approximate surface area is 255 Å². The first kappa shape index (κ1) is 29.3. The van der Waals surface area contributed by atoms with Crippen LogP contribution in [0.25, 0.3) is 11.0 Å². The van der Waals surface area contributed by atoms with Crippen LogP contribution >= 0.6 is 0 Å². The Morgan fingerprint density at radius 1 is 0.953 bits per heavy atom. The Hall–Kier alpha value is -3.80. The van der Waals surface area contributed by atoms with E-state index in [1.54, 1.807) is 18.3 Å². The molecule has 1 unspecified atom stereocenters. The highest BCUT2D eigenvalue weighted by Gasteiger charge is 2.29. The molecule has 0 aliphatic carbocycles. The molecule has 2 aliphatic rings. The van der Waals surface area contributed by atoms with Crippen LogP contribution in [0, 0.1) is 0 Å². The molecule has 0 spiro atoms. The number of hydrogen-bond acceptors (Lipinski definition) is 8. The molecule has 2 fully saturated rings. The molecule has 1 amide bonds. The molecular weight excluding hydrogens is 560 g/mol. The normalized spacial score (nSPS) is 17.8. The molecule has 43 heavy (non-hydrogen) atoms. The number of pyridine rings is 2. The SMILES string of the molecule is CC(C)S(=O)c1ccccc1Nc1cc(Nc2cc(C(=O)N3CCC(N4CCN(C)CC4)CC3)ccn2)nc2[nH]ccc12. The first-order valence-electron chi connectivity index (χ1n) is 15.1. The van der Waals surface area contributed by atoms with E-state index in [-0.39, 0.29) is 11.2 Å². The average Bonchev–Trinajstić information content (AvgIpc) is 3.50. The fourth-order valence-electron chi connectivity index (χ4n) is 5.92. The fraction of sp³-hybridized carbons (Fsp3) is 0.406. The largest absolute Gasteiger partial charge is 0.354 e. The quantitative estimate of drug-likeness (QED) is 0.264. The minimum absolute atomic E-state index is 0.00530. The standard InChI is InChI=1S/C32H40N8O2S/c1-22(2)43(42)28-7-5-4-6-26(28)35-27-21-30(37-31-25(27)9-13-34-31)36-29-20-23(8-12-33-29)32(41)40-14-10-24(11-15-40)39-18-16-38(3)17-19-39/h4-9,12-13,20-22,24H,10-11,14-19H2,1-3H3,(H3,33,34,35,36,37). The van der Waals surface area contributed by atoms with Crippen LogP contribution in [0.4, 0.5) is 23.0 Å². The molecule has 11 heteroatoms. The van der Waals surface area contributed by atoms with Crippen molar-refractivity contribution in [3.05, 3.63) is 66.5 Å². The number of nitrogens with zero attached hydrogens (tertiary/aromatic N) is 5. The number of carbonyl (C=O) groups is 1. The van der Waals surface area contributed by atoms with Crippen molar-refractivity contribution < 1.29 is 9.00 Å². The van der Waals surface area contributed by atoms with Crippen LogP contribution in [0.1, 0.15) is 37.0 Å². The van der Waals surface area contributed by atoms with Gasteiger partial charge >= 0.3 is 0 Å². The summed E-state index contributed by atoms with van der Waals surface area (Å²) in [7, 11) is 1.03. The molecular formula is C32H40N8O2S. The second-order valence-corrected chi connectivity index (χ2v) is 13.7. The number of H-pyrrole nitrogens is 1. The van der Waals surface area contributed by atoms with Crippen LogP contribution in [0.2, 0.25) is 0 Å². The van der Waals surface area contributed by atoms with Gasteiger partial charge in [0.1, 0.15) is 17.3 Å². The number of nitrogens with one attached hydrogen (secondary N) is 3. The number of piperidine rings is 1. The van der Waals surface area contributed by atoms with E-state index in [1.807, 2.05) is 61.3 Å². The number of fused-ring (bicyclic) bond motifs is 1. The summed E-state index contributed by atoms with van der Waals surface area (Å²) < 4.78 is 13.0. The Kier molecular flexibility index (Phi) is 8.73. The molecule has 1 atom stereocenters. The number of piperazine rings is 1. The maximum absolute atomic E-state index is 13.5. The van der Waals surface area contributed by atoms with Gasteiger partial charge in [-0.25, -0.2) is 9.97 Å². The molecule has 226 valence electrons. The summed E-state index contributed by atoms with van der Waals surface area (Å²) >= 11 is 0. The lowest BCUT2D eigenvalue weighted by Gasteiger charge is -2.42. The number of anilines is 4. The molecule has 5 heterocycles. The van der Waals surface area contributed by atoms with Crippen molar-refractivity contribution in [1.82, 2.24) is 29.7 Å². The maximum Gasteiger partial charge on any atom is 0.254 e. The summed E-state index contributed by atoms with van der Waals surface area (Å²) in [6, 6.07) is 15.7. The van der Waals surface area contributed by atoms with Gasteiger partial charge in [0, 0.05) is 80.0 Å². The lowest BCUT2D eigenvalue weighted by molar-refractivity contribution is 0.0518. The molecule has 6 rings (SSSR count). The van der Waals surface area contributed by atoms with Crippen molar-refractivity contribution in [2.45, 2.75) is 42.9 Å². The van der Waals surface area contributed by atoms with Crippen LogP contribution in [0.5, 0.6) is 0 Å². The first-order chi connectivity index (χ1) is 20.9. The second kappa shape index (κ2) is 12.8. The van der Waals surface area contributed by atoms with Gasteiger partial charge in [-0.15, -0.1) is 0 Å². The molecule has 2 aliphatic heterocycles. The summed E-state index contributed by atoms with van der Waals surface area (Å²) in [4.78, 5) is 33.6. The minimum atomic E-state index is -1.15. The Bertz CT molecular complexity index is 1610. The molecule has 1 aromatic carbocycles. The van der Waals surface area contributed by atoms with Crippen LogP contribution in [0.3, 0.4) is 0 Å². The van der Waals surface area contributed by atoms with Gasteiger partial charge in [0.2, 0.25) is 0 Å². The Morgan fingerprint density at radius 2 is 1.72 bits per heavy atom. The van der Waals surface area contributed by atoms with Gasteiger partial charge in [0.25, 0.3) is 5.91 Å². The molecule has 0 bridgehead atoms. The highest BCUT2D eigenvalue weighted by Crippen LogP contribution is 2.32. The van der Waals surface area contributed by atoms with Crippen LogP contribution in [-0.4, -0.2) is 97.4 Å². The molecule has 0 radical (unpaired) electrons. The highest BCUT2D eigenvalue weighted by atomic mass is 32.2. The van der Waals surface area contributed by atoms with Crippen molar-refractivity contribution in [2.24, 2.45) is 0 Å². The monoisotopic (exact) mass is 600 g/mol. The van der Waals surface area contributed by atoms with Gasteiger partial charge in [0.05, 0.1) is 27.1 Å². The zero-order valence-corrected chi connectivity index (χ0v) is 25.9. The number of benzene rings is 1. The third kappa shape index (κ3) is 6.58. The summed E-state index contributed by atoms with van der Waals surface area (Å²) in [5.74, 6) is 1.15. The minimum Gasteiger partial charge on any atom is -0.354 e. The van der Waals surface area contributed by atoms with Gasteiger partial charge in [-0.05, 0) is 50.2 Å². The zero-order valence-electron chi connectivity index (χ0n) is 25.0. The van der Waals surface area contributed by atoms with Crippen LogP contribution in [-0.2, 0) is 10.8 Å². The third-order valence-electron chi connectivity index (χ3n) is 8.40. The second-order valence-electron chi connectivity index (χ2n) is 11.7. The van der Waals surface area contributed by atoms with Crippen molar-refractivity contribution >= 4 is 50.8 Å². The number of rotatable bonds is 8. The zero-order chi connectivity index (χ0) is 29.9. The van der Waals surface area contributed by atoms with E-state index < -0.39 is 10.8 Å². The van der Waals surface area contributed by atoms with Crippen molar-refractivity contribution in [3.8, 4) is 0 Å². The number of carbonyl (C=O) groups excluding carboxylic acids is 1. The van der Waals surface area contributed by atoms with Gasteiger partial charge in [-0.2, -0.15) is 0 Å². The number of hydrogen-bond donors (Lipinski definition) is 3. The van der Waals surface area contributed by atoms with E-state index in [1.165, 1.54) is 0 Å². The number of likely N-dealkylation sites (tertiary alicyclic amines) is 1. The molecule has 4 aromatic rings. The van der Waals surface area contributed by atoms with E-state index in [0.29, 0.717) is 28.9 Å². The van der Waals surface area contributed by atoms with Crippen LogP contribution in [0.15, 0.2) is 65.8 Å². The van der Waals surface area contributed by atoms with E-state index in [2.05, 4.69) is 37.4 Å². The lowest BCUT2D eigenvalue weighted by atomic mass is 10.0. The lowest BCUT2D eigenvalue weighted by Crippen LogP contribution is -2.52. The fourth-order valence-corrected chi connectivity index (χ4v) is 6.97. The topological polar surface area (TPSA) is 109 Å². The molecule has 3 aromatic heterocycles. The van der Waals surface area contributed by atoms with Gasteiger partial charge < -0.3 is 25.4 Å². The highest BCUT2D eigenvalue weighted by molar-refractivity contribution is 7.85. The Morgan fingerprint density at radius 3 is 2.49 bits per heavy atom. The summed E-state index contributed by atoms with van der Waals surface area (Å²) in [5.41, 5.74) is 2.92. The van der Waals surface area contributed by atoms with E-state index in [4.69, 9.17) is 4.98 Å². The molecule has 3 N–H and O–H groups in total. The van der Waals surface area contributed by atoms with Crippen molar-refractivity contribution in [1.29, 1.82) is 0 Å². The predicted molar refractivity (Wildman–Crippen MR) is 173 cm³/mol. The third-order valence-corrected chi connectivity index (χ3v) is 10.0.